The fourth-order valence-electron chi connectivity index (χ4n) is 1.86. The van der Waals surface area contributed by atoms with E-state index in [1.807, 2.05) is 6.92 Å². The van der Waals surface area contributed by atoms with Gasteiger partial charge in [0.1, 0.15) is 5.82 Å². The van der Waals surface area contributed by atoms with E-state index in [0.29, 0.717) is 31.0 Å². The Kier molecular flexibility index (Phi) is 4.21. The van der Waals surface area contributed by atoms with Gasteiger partial charge in [-0.2, -0.15) is 0 Å². The largest absolute Gasteiger partial charge is 0.370 e. The number of anilines is 1. The Labute approximate surface area is 116 Å². The summed E-state index contributed by atoms with van der Waals surface area (Å²) >= 11 is 6.01. The molecule has 102 valence electrons. The van der Waals surface area contributed by atoms with Crippen LogP contribution >= 0.6 is 11.6 Å². The van der Waals surface area contributed by atoms with Crippen LogP contribution < -0.4 is 10.6 Å². The van der Waals surface area contributed by atoms with Crippen molar-refractivity contribution in [3.8, 4) is 0 Å². The lowest BCUT2D eigenvalue weighted by Gasteiger charge is -2.27. The molecule has 1 saturated heterocycles. The first-order valence-electron chi connectivity index (χ1n) is 6.07. The lowest BCUT2D eigenvalue weighted by molar-refractivity contribution is -0.123. The van der Waals surface area contributed by atoms with E-state index in [9.17, 15) is 9.59 Å². The Morgan fingerprint density at radius 3 is 3.11 bits per heavy atom. The lowest BCUT2D eigenvalue weighted by atomic mass is 10.2. The molecule has 1 aliphatic rings. The van der Waals surface area contributed by atoms with E-state index in [1.165, 1.54) is 11.1 Å². The van der Waals surface area contributed by atoms with Gasteiger partial charge in [0.05, 0.1) is 17.1 Å². The van der Waals surface area contributed by atoms with E-state index in [-0.39, 0.29) is 23.4 Å². The number of nitrogens with one attached hydrogen (secondary N) is 2. The van der Waals surface area contributed by atoms with Crippen molar-refractivity contribution in [3.63, 3.8) is 0 Å². The van der Waals surface area contributed by atoms with E-state index >= 15 is 0 Å². The van der Waals surface area contributed by atoms with Gasteiger partial charge in [0, 0.05) is 25.8 Å². The van der Waals surface area contributed by atoms with E-state index in [1.54, 1.807) is 6.07 Å². The van der Waals surface area contributed by atoms with E-state index in [0.717, 1.165) is 0 Å². The standard InChI is InChI=1S/C12H15ClN4O2/c1-2-14-10-5-8(9(13)6-16-10)12(19)17-4-3-15-11(18)7-17/h5-6H,2-4,7H2,1H3,(H,14,16)(H,15,18). The van der Waals surface area contributed by atoms with Crippen molar-refractivity contribution in [2.45, 2.75) is 6.92 Å². The van der Waals surface area contributed by atoms with E-state index in [2.05, 4.69) is 15.6 Å². The molecule has 2 rings (SSSR count). The number of halogens is 1. The number of amides is 2. The third kappa shape index (κ3) is 3.14. The molecule has 7 heteroatoms. The molecule has 1 aromatic rings. The summed E-state index contributed by atoms with van der Waals surface area (Å²) in [6, 6.07) is 1.61. The molecular formula is C12H15ClN4O2. The quantitative estimate of drug-likeness (QED) is 0.857. The van der Waals surface area contributed by atoms with Crippen LogP contribution in [0.15, 0.2) is 12.3 Å². The van der Waals surface area contributed by atoms with E-state index < -0.39 is 0 Å². The van der Waals surface area contributed by atoms with Crippen molar-refractivity contribution in [1.82, 2.24) is 15.2 Å². The van der Waals surface area contributed by atoms with E-state index in [4.69, 9.17) is 11.6 Å². The minimum absolute atomic E-state index is 0.0635. The van der Waals surface area contributed by atoms with Crippen molar-refractivity contribution in [2.75, 3.05) is 31.5 Å². The van der Waals surface area contributed by atoms with Gasteiger partial charge in [0.15, 0.2) is 0 Å². The van der Waals surface area contributed by atoms with Crippen molar-refractivity contribution >= 4 is 29.2 Å². The molecule has 0 aromatic carbocycles. The predicted octanol–water partition coefficient (Wildman–Crippen LogP) is 0.739. The number of hydrogen-bond acceptors (Lipinski definition) is 4. The van der Waals surface area contributed by atoms with Crippen LogP contribution in [0.5, 0.6) is 0 Å². The highest BCUT2D eigenvalue weighted by molar-refractivity contribution is 6.33. The molecule has 2 N–H and O–H groups in total. The Morgan fingerprint density at radius 1 is 1.63 bits per heavy atom. The molecule has 0 unspecified atom stereocenters. The number of carbonyl (C=O) groups is 2. The van der Waals surface area contributed by atoms with Crippen LogP contribution in [0.25, 0.3) is 0 Å². The summed E-state index contributed by atoms with van der Waals surface area (Å²) in [5, 5.41) is 5.99. The number of hydrogen-bond donors (Lipinski definition) is 2. The predicted molar refractivity (Wildman–Crippen MR) is 72.3 cm³/mol. The topological polar surface area (TPSA) is 74.3 Å². The van der Waals surface area contributed by atoms with Crippen LogP contribution in [-0.2, 0) is 4.79 Å². The highest BCUT2D eigenvalue weighted by Crippen LogP contribution is 2.20. The second-order valence-corrected chi connectivity index (χ2v) is 4.56. The smallest absolute Gasteiger partial charge is 0.256 e. The van der Waals surface area contributed by atoms with Crippen molar-refractivity contribution in [2.24, 2.45) is 0 Å². The van der Waals surface area contributed by atoms with Gasteiger partial charge in [-0.05, 0) is 13.0 Å². The lowest BCUT2D eigenvalue weighted by Crippen LogP contribution is -2.50. The molecular weight excluding hydrogens is 268 g/mol. The van der Waals surface area contributed by atoms with Crippen LogP contribution in [0.3, 0.4) is 0 Å². The van der Waals surface area contributed by atoms with Gasteiger partial charge in [-0.1, -0.05) is 11.6 Å². The van der Waals surface area contributed by atoms with Crippen molar-refractivity contribution in [1.29, 1.82) is 0 Å². The summed E-state index contributed by atoms with van der Waals surface area (Å²) in [4.78, 5) is 29.2. The highest BCUT2D eigenvalue weighted by Gasteiger charge is 2.24. The van der Waals surface area contributed by atoms with Crippen LogP contribution in [0.4, 0.5) is 5.82 Å². The Bertz CT molecular complexity index is 507. The Morgan fingerprint density at radius 2 is 2.42 bits per heavy atom. The molecule has 0 bridgehead atoms. The molecule has 19 heavy (non-hydrogen) atoms. The molecule has 1 aromatic heterocycles. The van der Waals surface area contributed by atoms with Crippen molar-refractivity contribution in [3.05, 3.63) is 22.8 Å². The van der Waals surface area contributed by atoms with Gasteiger partial charge >= 0.3 is 0 Å². The zero-order valence-corrected chi connectivity index (χ0v) is 11.3. The first kappa shape index (κ1) is 13.6. The van der Waals surface area contributed by atoms with Crippen LogP contribution in [0.1, 0.15) is 17.3 Å². The number of aromatic nitrogens is 1. The molecule has 6 nitrogen and oxygen atoms in total. The molecule has 0 aliphatic carbocycles. The second-order valence-electron chi connectivity index (χ2n) is 4.16. The average Bonchev–Trinajstić information content (AvgIpc) is 2.40. The molecule has 0 atom stereocenters. The maximum atomic E-state index is 12.3. The molecule has 1 fully saturated rings. The minimum atomic E-state index is -0.249. The van der Waals surface area contributed by atoms with Crippen LogP contribution in [0, 0.1) is 0 Å². The molecule has 0 spiro atoms. The zero-order valence-electron chi connectivity index (χ0n) is 10.6. The zero-order chi connectivity index (χ0) is 13.8. The first-order valence-corrected chi connectivity index (χ1v) is 6.45. The Hall–Kier alpha value is -1.82. The summed E-state index contributed by atoms with van der Waals surface area (Å²) in [5.41, 5.74) is 0.363. The summed E-state index contributed by atoms with van der Waals surface area (Å²) in [7, 11) is 0. The van der Waals surface area contributed by atoms with Gasteiger partial charge in [0.25, 0.3) is 5.91 Å². The van der Waals surface area contributed by atoms with Gasteiger partial charge in [-0.3, -0.25) is 9.59 Å². The summed E-state index contributed by atoms with van der Waals surface area (Å²) in [6.45, 7) is 3.66. The molecule has 2 heterocycles. The summed E-state index contributed by atoms with van der Waals surface area (Å²) in [5.74, 6) is 0.190. The van der Waals surface area contributed by atoms with Gasteiger partial charge < -0.3 is 15.5 Å². The Balaban J connectivity index is 2.22. The summed E-state index contributed by atoms with van der Waals surface area (Å²) < 4.78 is 0. The molecule has 1 aliphatic heterocycles. The SMILES string of the molecule is CCNc1cc(C(=O)N2CCNC(=O)C2)c(Cl)cn1. The maximum absolute atomic E-state index is 12.3. The van der Waals surface area contributed by atoms with Gasteiger partial charge in [-0.15, -0.1) is 0 Å². The second kappa shape index (κ2) is 5.88. The summed E-state index contributed by atoms with van der Waals surface area (Å²) in [6.07, 6.45) is 1.44. The molecule has 0 saturated carbocycles. The molecule has 0 radical (unpaired) electrons. The highest BCUT2D eigenvalue weighted by atomic mass is 35.5. The fraction of sp³-hybridized carbons (Fsp3) is 0.417. The maximum Gasteiger partial charge on any atom is 0.256 e. The number of nitrogens with zero attached hydrogens (tertiary/aromatic N) is 2. The third-order valence-electron chi connectivity index (χ3n) is 2.77. The van der Waals surface area contributed by atoms with Crippen LogP contribution in [-0.4, -0.2) is 47.9 Å². The number of pyridine rings is 1. The third-order valence-corrected chi connectivity index (χ3v) is 3.07. The number of rotatable bonds is 3. The number of piperazine rings is 1. The number of carbonyl (C=O) groups excluding carboxylic acids is 2. The monoisotopic (exact) mass is 282 g/mol. The van der Waals surface area contributed by atoms with Gasteiger partial charge in [-0.25, -0.2) is 4.98 Å². The normalized spacial score (nSPS) is 15.1. The first-order chi connectivity index (χ1) is 9.11. The minimum Gasteiger partial charge on any atom is -0.370 e. The average molecular weight is 283 g/mol. The fourth-order valence-corrected chi connectivity index (χ4v) is 2.05. The molecule has 2 amide bonds. The van der Waals surface area contributed by atoms with Crippen LogP contribution in [0.2, 0.25) is 5.02 Å². The van der Waals surface area contributed by atoms with Gasteiger partial charge in [0.2, 0.25) is 5.91 Å². The van der Waals surface area contributed by atoms with Crippen molar-refractivity contribution < 1.29 is 9.59 Å².